The third kappa shape index (κ3) is 8.39. The topological polar surface area (TPSA) is 87.3 Å². The normalized spacial score (nSPS) is 16.5. The zero-order valence-corrected chi connectivity index (χ0v) is 24.5. The molecule has 1 aliphatic rings. The van der Waals surface area contributed by atoms with E-state index < -0.39 is 44.4 Å². The number of amides is 1. The van der Waals surface area contributed by atoms with Crippen molar-refractivity contribution in [2.75, 3.05) is 0 Å². The van der Waals surface area contributed by atoms with Gasteiger partial charge in [-0.2, -0.15) is 13.2 Å². The number of carbonyl (C=O) groups is 1. The molecule has 42 heavy (non-hydrogen) atoms. The van der Waals surface area contributed by atoms with Crippen molar-refractivity contribution in [2.24, 2.45) is 0 Å². The van der Waals surface area contributed by atoms with E-state index in [1.165, 1.54) is 12.1 Å². The van der Waals surface area contributed by atoms with Crippen LogP contribution in [0.3, 0.4) is 0 Å². The van der Waals surface area contributed by atoms with Crippen molar-refractivity contribution in [3.05, 3.63) is 100 Å². The first-order chi connectivity index (χ1) is 19.6. The van der Waals surface area contributed by atoms with Crippen molar-refractivity contribution in [1.29, 1.82) is 0 Å². The Morgan fingerprint density at radius 2 is 1.71 bits per heavy atom. The van der Waals surface area contributed by atoms with Crippen LogP contribution in [0, 0.1) is 5.82 Å². The molecule has 0 aromatic heterocycles. The lowest BCUT2D eigenvalue weighted by Gasteiger charge is -2.28. The van der Waals surface area contributed by atoms with Crippen LogP contribution < -0.4 is 15.4 Å². The predicted molar refractivity (Wildman–Crippen MR) is 152 cm³/mol. The maximum atomic E-state index is 13.6. The lowest BCUT2D eigenvalue weighted by Crippen LogP contribution is -2.36. The average Bonchev–Trinajstić information content (AvgIpc) is 2.91. The maximum absolute atomic E-state index is 13.6. The molecule has 0 aliphatic heterocycles. The third-order valence-corrected chi connectivity index (χ3v) is 8.58. The number of aryl methyl sites for hydroxylation is 1. The van der Waals surface area contributed by atoms with Gasteiger partial charge >= 0.3 is 6.18 Å². The second-order valence-electron chi connectivity index (χ2n) is 11.6. The van der Waals surface area contributed by atoms with Crippen LogP contribution in [-0.2, 0) is 34.0 Å². The second kappa shape index (κ2) is 12.5. The number of fused-ring (bicyclic) bond motifs is 1. The number of nitrogens with one attached hydrogen (secondary N) is 3. The number of hydrogen-bond acceptors (Lipinski definition) is 4. The summed E-state index contributed by atoms with van der Waals surface area (Å²) in [5.41, 5.74) is 2.42. The van der Waals surface area contributed by atoms with Crippen LogP contribution in [0.25, 0.3) is 0 Å². The fourth-order valence-corrected chi connectivity index (χ4v) is 6.22. The van der Waals surface area contributed by atoms with E-state index in [1.807, 2.05) is 12.1 Å². The highest BCUT2D eigenvalue weighted by Crippen LogP contribution is 2.33. The van der Waals surface area contributed by atoms with Crippen LogP contribution >= 0.6 is 0 Å². The number of alkyl halides is 3. The lowest BCUT2D eigenvalue weighted by atomic mass is 9.86. The van der Waals surface area contributed by atoms with Crippen molar-refractivity contribution < 1.29 is 30.8 Å². The zero-order chi connectivity index (χ0) is 30.7. The minimum atomic E-state index is -4.73. The van der Waals surface area contributed by atoms with E-state index in [0.29, 0.717) is 24.6 Å². The summed E-state index contributed by atoms with van der Waals surface area (Å²) in [6, 6.07) is 13.0. The molecule has 1 aliphatic carbocycles. The molecule has 0 radical (unpaired) electrons. The Morgan fingerprint density at radius 3 is 2.38 bits per heavy atom. The average molecular weight is 606 g/mol. The Balaban J connectivity index is 1.53. The van der Waals surface area contributed by atoms with Crippen molar-refractivity contribution in [3.8, 4) is 0 Å². The molecule has 3 aromatic rings. The van der Waals surface area contributed by atoms with Gasteiger partial charge in [0.25, 0.3) is 0 Å². The van der Waals surface area contributed by atoms with Gasteiger partial charge in [-0.3, -0.25) is 4.79 Å². The first kappa shape index (κ1) is 31.7. The van der Waals surface area contributed by atoms with Gasteiger partial charge in [-0.05, 0) is 92.6 Å². The number of rotatable bonds is 9. The summed E-state index contributed by atoms with van der Waals surface area (Å²) in [7, 11) is -4.48. The molecule has 6 nitrogen and oxygen atoms in total. The lowest BCUT2D eigenvalue weighted by molar-refractivity contribution is -0.137. The fourth-order valence-electron chi connectivity index (χ4n) is 4.95. The van der Waals surface area contributed by atoms with E-state index >= 15 is 0 Å². The largest absolute Gasteiger partial charge is 0.416 e. The zero-order valence-electron chi connectivity index (χ0n) is 23.7. The Labute approximate surface area is 244 Å². The van der Waals surface area contributed by atoms with Crippen LogP contribution in [0.5, 0.6) is 0 Å². The van der Waals surface area contributed by atoms with Crippen LogP contribution in [0.2, 0.25) is 0 Å². The highest BCUT2D eigenvalue weighted by Gasteiger charge is 2.33. The van der Waals surface area contributed by atoms with Crippen LogP contribution in [0.4, 0.5) is 17.6 Å². The molecule has 0 spiro atoms. The van der Waals surface area contributed by atoms with Gasteiger partial charge in [0, 0.05) is 18.5 Å². The maximum Gasteiger partial charge on any atom is 0.416 e. The molecule has 4 rings (SSSR count). The first-order valence-corrected chi connectivity index (χ1v) is 15.2. The summed E-state index contributed by atoms with van der Waals surface area (Å²) >= 11 is 0. The van der Waals surface area contributed by atoms with E-state index in [-0.39, 0.29) is 18.0 Å². The highest BCUT2D eigenvalue weighted by molar-refractivity contribution is 7.89. The van der Waals surface area contributed by atoms with E-state index in [9.17, 15) is 30.8 Å². The summed E-state index contributed by atoms with van der Waals surface area (Å²) in [5, 5.41) is 6.47. The molecule has 226 valence electrons. The van der Waals surface area contributed by atoms with E-state index in [0.717, 1.165) is 59.9 Å². The molecule has 3 aromatic carbocycles. The summed E-state index contributed by atoms with van der Waals surface area (Å²) in [5.74, 6) is -1.01. The van der Waals surface area contributed by atoms with Gasteiger partial charge in [0.15, 0.2) is 0 Å². The standard InChI is InChI=1S/C31H35F4N3O3S/c1-30(2,3)36-19-20-10-15-26-22(16-20)6-4-9-27(26)37-29(39)18-28(21-11-13-24(32)14-12-21)38-42(40,41)25-8-5-7-23(17-25)31(33,34)35/h5,7-8,10-17,27-28,36,38H,4,6,9,18-19H2,1-3H3,(H,37,39)/t27-,28-/m1/s1. The molecule has 0 bridgehead atoms. The second-order valence-corrected chi connectivity index (χ2v) is 13.3. The van der Waals surface area contributed by atoms with Crippen molar-refractivity contribution in [1.82, 2.24) is 15.4 Å². The summed E-state index contributed by atoms with van der Waals surface area (Å²) < 4.78 is 82.0. The van der Waals surface area contributed by atoms with Crippen LogP contribution in [0.1, 0.15) is 79.9 Å². The van der Waals surface area contributed by atoms with Crippen molar-refractivity contribution in [3.63, 3.8) is 0 Å². The Morgan fingerprint density at radius 1 is 1.00 bits per heavy atom. The van der Waals surface area contributed by atoms with Gasteiger partial charge in [0.1, 0.15) is 5.82 Å². The first-order valence-electron chi connectivity index (χ1n) is 13.7. The molecule has 11 heteroatoms. The number of hydrogen-bond donors (Lipinski definition) is 3. The SMILES string of the molecule is CC(C)(C)NCc1ccc2c(c1)CCC[C@H]2NC(=O)C[C@@H](NS(=O)(=O)c1cccc(C(F)(F)F)c1)c1ccc(F)cc1. The number of carbonyl (C=O) groups excluding carboxylic acids is 1. The van der Waals surface area contributed by atoms with E-state index in [1.54, 1.807) is 0 Å². The molecule has 0 saturated heterocycles. The van der Waals surface area contributed by atoms with Gasteiger partial charge in [-0.1, -0.05) is 36.4 Å². The fraction of sp³-hybridized carbons (Fsp3) is 0.387. The third-order valence-electron chi connectivity index (χ3n) is 7.11. The Hall–Kier alpha value is -3.28. The monoisotopic (exact) mass is 605 g/mol. The smallest absolute Gasteiger partial charge is 0.349 e. The molecule has 1 amide bonds. The number of benzene rings is 3. The molecular formula is C31H35F4N3O3S. The minimum Gasteiger partial charge on any atom is -0.349 e. The molecule has 2 atom stereocenters. The summed E-state index contributed by atoms with van der Waals surface area (Å²) in [6.07, 6.45) is -2.64. The molecule has 0 heterocycles. The molecule has 0 saturated carbocycles. The Bertz CT molecular complexity index is 1520. The number of sulfonamides is 1. The molecule has 0 fully saturated rings. The minimum absolute atomic E-state index is 0.0316. The predicted octanol–water partition coefficient (Wildman–Crippen LogP) is 6.34. The van der Waals surface area contributed by atoms with Gasteiger partial charge in [-0.15, -0.1) is 0 Å². The van der Waals surface area contributed by atoms with Crippen molar-refractivity contribution in [2.45, 2.75) is 81.7 Å². The summed E-state index contributed by atoms with van der Waals surface area (Å²) in [4.78, 5) is 12.7. The summed E-state index contributed by atoms with van der Waals surface area (Å²) in [6.45, 7) is 6.99. The molecular weight excluding hydrogens is 570 g/mol. The van der Waals surface area contributed by atoms with Crippen molar-refractivity contribution >= 4 is 15.9 Å². The van der Waals surface area contributed by atoms with Gasteiger partial charge < -0.3 is 10.6 Å². The van der Waals surface area contributed by atoms with Gasteiger partial charge in [-0.25, -0.2) is 17.5 Å². The molecule has 0 unspecified atom stereocenters. The number of halogens is 4. The highest BCUT2D eigenvalue weighted by atomic mass is 32.2. The molecule has 3 N–H and O–H groups in total. The van der Waals surface area contributed by atoms with Crippen LogP contribution in [0.15, 0.2) is 71.6 Å². The van der Waals surface area contributed by atoms with Gasteiger partial charge in [0.2, 0.25) is 15.9 Å². The quantitative estimate of drug-likeness (QED) is 0.249. The van der Waals surface area contributed by atoms with E-state index in [2.05, 4.69) is 42.2 Å². The van der Waals surface area contributed by atoms with Gasteiger partial charge in [0.05, 0.1) is 22.5 Å². The Kier molecular flexibility index (Phi) is 9.44. The van der Waals surface area contributed by atoms with Crippen LogP contribution in [-0.4, -0.2) is 19.9 Å². The van der Waals surface area contributed by atoms with E-state index in [4.69, 9.17) is 0 Å².